The average molecular weight is 413 g/mol. The molecule has 0 aliphatic carbocycles. The summed E-state index contributed by atoms with van der Waals surface area (Å²) in [7, 11) is 1.30. The molecule has 0 saturated heterocycles. The van der Waals surface area contributed by atoms with Crippen molar-refractivity contribution in [3.05, 3.63) is 30.1 Å². The number of amides is 1. The molecule has 2 N–H and O–H groups in total. The average Bonchev–Trinajstić information content (AvgIpc) is 3.10. The van der Waals surface area contributed by atoms with Crippen LogP contribution in [0.3, 0.4) is 0 Å². The van der Waals surface area contributed by atoms with Gasteiger partial charge in [0.1, 0.15) is 11.9 Å². The fraction of sp³-hybridized carbons (Fsp3) is 0.412. The molecule has 27 heavy (non-hydrogen) atoms. The summed E-state index contributed by atoms with van der Waals surface area (Å²) in [5.74, 6) is -1.03. The molecule has 0 fully saturated rings. The highest BCUT2D eigenvalue weighted by atomic mass is 32.2. The Bertz CT molecular complexity index is 787. The molecule has 1 heterocycles. The van der Waals surface area contributed by atoms with Crippen molar-refractivity contribution in [3.63, 3.8) is 0 Å². The van der Waals surface area contributed by atoms with Gasteiger partial charge in [0.05, 0.1) is 12.9 Å². The molecule has 2 atom stereocenters. The monoisotopic (exact) mass is 412 g/mol. The molecule has 0 aliphatic rings. The Kier molecular flexibility index (Phi) is 7.99. The van der Waals surface area contributed by atoms with E-state index in [-0.39, 0.29) is 23.4 Å². The molecular weight excluding hydrogens is 391 g/mol. The van der Waals surface area contributed by atoms with Crippen molar-refractivity contribution >= 4 is 45.8 Å². The lowest BCUT2D eigenvalue weighted by Gasteiger charge is -2.21. The van der Waals surface area contributed by atoms with E-state index in [1.54, 1.807) is 12.1 Å². The molecular formula is C17H21FN4O3S2. The maximum absolute atomic E-state index is 13.2. The molecule has 7 nitrogen and oxygen atoms in total. The van der Waals surface area contributed by atoms with E-state index in [1.807, 2.05) is 13.8 Å². The van der Waals surface area contributed by atoms with Gasteiger partial charge in [-0.15, -0.1) is 10.2 Å². The summed E-state index contributed by atoms with van der Waals surface area (Å²) in [5, 5.41) is 14.1. The number of ether oxygens (including phenoxy) is 1. The van der Waals surface area contributed by atoms with Gasteiger partial charge in [-0.05, 0) is 24.1 Å². The fourth-order valence-corrected chi connectivity index (χ4v) is 3.73. The smallest absolute Gasteiger partial charge is 0.328 e. The maximum atomic E-state index is 13.2. The maximum Gasteiger partial charge on any atom is 0.328 e. The second-order valence-electron chi connectivity index (χ2n) is 5.75. The number of carbonyl (C=O) groups excluding carboxylic acids is 2. The molecule has 1 aromatic carbocycles. The normalized spacial score (nSPS) is 12.9. The van der Waals surface area contributed by atoms with Gasteiger partial charge >= 0.3 is 5.97 Å². The van der Waals surface area contributed by atoms with Crippen LogP contribution < -0.4 is 10.6 Å². The molecule has 146 valence electrons. The van der Waals surface area contributed by atoms with Crippen LogP contribution in [0.2, 0.25) is 0 Å². The number of esters is 1. The van der Waals surface area contributed by atoms with Crippen LogP contribution in [-0.2, 0) is 14.3 Å². The lowest BCUT2D eigenvalue weighted by molar-refractivity contribution is -0.146. The quantitative estimate of drug-likeness (QED) is 0.482. The van der Waals surface area contributed by atoms with Crippen LogP contribution in [0.5, 0.6) is 0 Å². The number of nitrogens with zero attached hydrogens (tertiary/aromatic N) is 2. The van der Waals surface area contributed by atoms with Crippen molar-refractivity contribution in [2.24, 2.45) is 5.92 Å². The van der Waals surface area contributed by atoms with E-state index >= 15 is 0 Å². The Balaban J connectivity index is 1.88. The standard InChI is InChI=1S/C17H21FN4O3S2/c1-4-10(2)14(15(24)25-3)20-13(23)9-26-17-22-21-16(27-17)19-12-7-5-6-11(18)8-12/h5-8,10,14H,4,9H2,1-3H3,(H,19,21)(H,20,23)/t10-,14-/m0/s1. The predicted molar refractivity (Wildman–Crippen MR) is 104 cm³/mol. The molecule has 0 aliphatic heterocycles. The molecule has 0 saturated carbocycles. The van der Waals surface area contributed by atoms with Crippen LogP contribution in [0.15, 0.2) is 28.6 Å². The summed E-state index contributed by atoms with van der Waals surface area (Å²) in [6.07, 6.45) is 0.735. The van der Waals surface area contributed by atoms with Crippen LogP contribution in [0.4, 0.5) is 15.2 Å². The Morgan fingerprint density at radius 1 is 1.37 bits per heavy atom. The Labute approximate surface area is 165 Å². The van der Waals surface area contributed by atoms with Gasteiger partial charge < -0.3 is 15.4 Å². The van der Waals surface area contributed by atoms with Crippen molar-refractivity contribution in [1.82, 2.24) is 15.5 Å². The fourth-order valence-electron chi connectivity index (χ4n) is 2.15. The third-order valence-electron chi connectivity index (χ3n) is 3.79. The van der Waals surface area contributed by atoms with E-state index in [4.69, 9.17) is 4.74 Å². The second-order valence-corrected chi connectivity index (χ2v) is 7.95. The number of benzene rings is 1. The summed E-state index contributed by atoms with van der Waals surface area (Å²) in [6.45, 7) is 3.82. The highest BCUT2D eigenvalue weighted by Crippen LogP contribution is 2.27. The van der Waals surface area contributed by atoms with Gasteiger partial charge in [-0.3, -0.25) is 4.79 Å². The number of carbonyl (C=O) groups is 2. The van der Waals surface area contributed by atoms with E-state index in [9.17, 15) is 14.0 Å². The summed E-state index contributed by atoms with van der Waals surface area (Å²) >= 11 is 2.46. The molecule has 2 aromatic rings. The summed E-state index contributed by atoms with van der Waals surface area (Å²) < 4.78 is 18.5. The number of anilines is 2. The highest BCUT2D eigenvalue weighted by molar-refractivity contribution is 8.01. The first-order chi connectivity index (χ1) is 12.9. The molecule has 10 heteroatoms. The third-order valence-corrected chi connectivity index (χ3v) is 5.77. The molecule has 1 aromatic heterocycles. The van der Waals surface area contributed by atoms with Gasteiger partial charge in [-0.25, -0.2) is 9.18 Å². The van der Waals surface area contributed by atoms with Crippen LogP contribution in [0.1, 0.15) is 20.3 Å². The topological polar surface area (TPSA) is 93.2 Å². The first-order valence-corrected chi connectivity index (χ1v) is 10.1. The number of hydrogen-bond donors (Lipinski definition) is 2. The van der Waals surface area contributed by atoms with Crippen molar-refractivity contribution in [2.75, 3.05) is 18.2 Å². The minimum absolute atomic E-state index is 0.0324. The van der Waals surface area contributed by atoms with Crippen LogP contribution in [0, 0.1) is 11.7 Å². The van der Waals surface area contributed by atoms with E-state index in [0.717, 1.165) is 6.42 Å². The highest BCUT2D eigenvalue weighted by Gasteiger charge is 2.26. The zero-order valence-corrected chi connectivity index (χ0v) is 16.8. The molecule has 1 amide bonds. The van der Waals surface area contributed by atoms with Crippen molar-refractivity contribution in [3.8, 4) is 0 Å². The van der Waals surface area contributed by atoms with Crippen molar-refractivity contribution in [2.45, 2.75) is 30.6 Å². The third kappa shape index (κ3) is 6.47. The van der Waals surface area contributed by atoms with Crippen molar-refractivity contribution < 1.29 is 18.7 Å². The van der Waals surface area contributed by atoms with E-state index in [0.29, 0.717) is 15.2 Å². The number of thioether (sulfide) groups is 1. The van der Waals surface area contributed by atoms with E-state index in [2.05, 4.69) is 20.8 Å². The molecule has 0 bridgehead atoms. The van der Waals surface area contributed by atoms with Crippen molar-refractivity contribution in [1.29, 1.82) is 0 Å². The zero-order chi connectivity index (χ0) is 19.8. The molecule has 0 spiro atoms. The minimum atomic E-state index is -0.673. The zero-order valence-electron chi connectivity index (χ0n) is 15.2. The van der Waals surface area contributed by atoms with Gasteiger partial charge in [0.25, 0.3) is 0 Å². The molecule has 0 unspecified atom stereocenters. The number of rotatable bonds is 9. The minimum Gasteiger partial charge on any atom is -0.467 e. The summed E-state index contributed by atoms with van der Waals surface area (Å²) in [5.41, 5.74) is 0.565. The van der Waals surface area contributed by atoms with Gasteiger partial charge in [0.2, 0.25) is 11.0 Å². The SMILES string of the molecule is CC[C@H](C)[C@H](NC(=O)CSc1nnc(Nc2cccc(F)c2)s1)C(=O)OC. The number of halogens is 1. The van der Waals surface area contributed by atoms with E-state index < -0.39 is 12.0 Å². The number of methoxy groups -OCH3 is 1. The summed E-state index contributed by atoms with van der Waals surface area (Å²) in [4.78, 5) is 24.0. The summed E-state index contributed by atoms with van der Waals surface area (Å²) in [6, 6.07) is 5.34. The van der Waals surface area contributed by atoms with Gasteiger partial charge in [-0.1, -0.05) is 49.4 Å². The Morgan fingerprint density at radius 2 is 2.15 bits per heavy atom. The molecule has 2 rings (SSSR count). The van der Waals surface area contributed by atoms with Crippen LogP contribution >= 0.6 is 23.1 Å². The Hall–Kier alpha value is -2.20. The lowest BCUT2D eigenvalue weighted by atomic mass is 9.99. The van der Waals surface area contributed by atoms with Crippen LogP contribution in [0.25, 0.3) is 0 Å². The first kappa shape index (κ1) is 21.1. The number of aromatic nitrogens is 2. The Morgan fingerprint density at radius 3 is 2.81 bits per heavy atom. The number of hydrogen-bond acceptors (Lipinski definition) is 8. The largest absolute Gasteiger partial charge is 0.467 e. The first-order valence-electron chi connectivity index (χ1n) is 8.29. The second kappa shape index (κ2) is 10.2. The van der Waals surface area contributed by atoms with Crippen LogP contribution in [-0.4, -0.2) is 41.0 Å². The van der Waals surface area contributed by atoms with Gasteiger partial charge in [-0.2, -0.15) is 0 Å². The lowest BCUT2D eigenvalue weighted by Crippen LogP contribution is -2.46. The van der Waals surface area contributed by atoms with Gasteiger partial charge in [0, 0.05) is 5.69 Å². The van der Waals surface area contributed by atoms with E-state index in [1.165, 1.54) is 42.3 Å². The molecule has 0 radical (unpaired) electrons. The predicted octanol–water partition coefficient (Wildman–Crippen LogP) is 3.22. The van der Waals surface area contributed by atoms with Gasteiger partial charge in [0.15, 0.2) is 4.34 Å². The number of nitrogens with one attached hydrogen (secondary N) is 2.